The van der Waals surface area contributed by atoms with Gasteiger partial charge in [-0.25, -0.2) is 4.98 Å². The van der Waals surface area contributed by atoms with Crippen LogP contribution in [-0.4, -0.2) is 16.4 Å². The van der Waals surface area contributed by atoms with E-state index < -0.39 is 0 Å². The number of rotatable bonds is 2. The molecule has 3 aromatic rings. The molecule has 1 heterocycles. The van der Waals surface area contributed by atoms with Crippen LogP contribution in [0.2, 0.25) is 0 Å². The van der Waals surface area contributed by atoms with Crippen LogP contribution in [0.15, 0.2) is 52.4 Å². The molecule has 0 N–H and O–H groups in total. The van der Waals surface area contributed by atoms with Crippen LogP contribution in [-0.2, 0) is 12.8 Å². The van der Waals surface area contributed by atoms with Gasteiger partial charge in [-0.2, -0.15) is 0 Å². The molecule has 5 rings (SSSR count). The second-order valence-corrected chi connectivity index (χ2v) is 9.41. The summed E-state index contributed by atoms with van der Waals surface area (Å²) >= 11 is 0. The fourth-order valence-electron chi connectivity index (χ4n) is 4.98. The van der Waals surface area contributed by atoms with Crippen molar-refractivity contribution in [3.8, 4) is 0 Å². The molecule has 0 aliphatic heterocycles. The van der Waals surface area contributed by atoms with E-state index in [1.165, 1.54) is 33.4 Å². The molecule has 0 radical (unpaired) electrons. The third-order valence-corrected chi connectivity index (χ3v) is 6.66. The summed E-state index contributed by atoms with van der Waals surface area (Å²) < 4.78 is 0. The van der Waals surface area contributed by atoms with Gasteiger partial charge >= 0.3 is 0 Å². The van der Waals surface area contributed by atoms with E-state index in [9.17, 15) is 0 Å². The molecule has 0 saturated heterocycles. The summed E-state index contributed by atoms with van der Waals surface area (Å²) in [6, 6.07) is 15.4. The number of hydrogen-bond donors (Lipinski definition) is 0. The zero-order valence-corrected chi connectivity index (χ0v) is 19.6. The minimum absolute atomic E-state index is 0.982. The van der Waals surface area contributed by atoms with Gasteiger partial charge in [0.2, 0.25) is 0 Å². The number of nitrogens with zero attached hydrogens (tertiary/aromatic N) is 3. The van der Waals surface area contributed by atoms with Crippen molar-refractivity contribution in [3.05, 3.63) is 87.2 Å². The summed E-state index contributed by atoms with van der Waals surface area (Å²) in [5.41, 5.74) is 14.2. The quantitative estimate of drug-likeness (QED) is 0.430. The summed E-state index contributed by atoms with van der Waals surface area (Å²) in [4.78, 5) is 15.4. The van der Waals surface area contributed by atoms with Gasteiger partial charge < -0.3 is 0 Å². The molecule has 2 aliphatic carbocycles. The van der Waals surface area contributed by atoms with Gasteiger partial charge in [-0.3, -0.25) is 9.98 Å². The van der Waals surface area contributed by atoms with Gasteiger partial charge in [0, 0.05) is 0 Å². The van der Waals surface area contributed by atoms with Gasteiger partial charge in [0.15, 0.2) is 0 Å². The Morgan fingerprint density at radius 3 is 1.50 bits per heavy atom. The molecular weight excluding hydrogens is 390 g/mol. The van der Waals surface area contributed by atoms with Gasteiger partial charge in [-0.05, 0) is 101 Å². The van der Waals surface area contributed by atoms with Gasteiger partial charge in [0.25, 0.3) is 0 Å². The molecule has 32 heavy (non-hydrogen) atoms. The molecule has 0 amide bonds. The van der Waals surface area contributed by atoms with Crippen LogP contribution < -0.4 is 0 Å². The zero-order valence-electron chi connectivity index (χ0n) is 19.6. The molecule has 3 heteroatoms. The third-order valence-electron chi connectivity index (χ3n) is 6.66. The lowest BCUT2D eigenvalue weighted by Gasteiger charge is -2.24. The minimum Gasteiger partial charge on any atom is -0.251 e. The van der Waals surface area contributed by atoms with Crippen molar-refractivity contribution in [2.75, 3.05) is 0 Å². The molecule has 0 saturated carbocycles. The lowest BCUT2D eigenvalue weighted by atomic mass is 9.87. The molecule has 0 bridgehead atoms. The number of aromatic nitrogens is 1. The maximum atomic E-state index is 5.24. The van der Waals surface area contributed by atoms with Gasteiger partial charge in [-0.15, -0.1) is 0 Å². The molecule has 2 aromatic carbocycles. The summed E-state index contributed by atoms with van der Waals surface area (Å²) in [7, 11) is 0. The van der Waals surface area contributed by atoms with Crippen molar-refractivity contribution in [3.63, 3.8) is 0 Å². The summed E-state index contributed by atoms with van der Waals surface area (Å²) in [5.74, 6) is 0. The van der Waals surface area contributed by atoms with Crippen molar-refractivity contribution >= 4 is 22.8 Å². The summed E-state index contributed by atoms with van der Waals surface area (Å²) in [5, 5.41) is 0. The monoisotopic (exact) mass is 421 g/mol. The molecule has 3 nitrogen and oxygen atoms in total. The smallest absolute Gasteiger partial charge is 0.0884 e. The van der Waals surface area contributed by atoms with Crippen molar-refractivity contribution in [1.82, 2.24) is 4.98 Å². The standard InChI is InChI=1S/C29H31N3/c1-18-11-13-24(20(3)15-18)30-26-9-5-7-22-17-23-8-6-10-27(29(23)32-28(22)26)31-25-14-12-19(2)16-21(25)4/h11-17H,5-10H2,1-4H3. The Morgan fingerprint density at radius 1 is 0.594 bits per heavy atom. The predicted molar refractivity (Wildman–Crippen MR) is 134 cm³/mol. The lowest BCUT2D eigenvalue weighted by molar-refractivity contribution is 0.791. The Bertz CT molecular complexity index is 1170. The fraction of sp³-hybridized carbons (Fsp3) is 0.345. The first-order chi connectivity index (χ1) is 15.5. The van der Waals surface area contributed by atoms with Crippen molar-refractivity contribution in [2.24, 2.45) is 9.98 Å². The minimum atomic E-state index is 0.982. The fourth-order valence-corrected chi connectivity index (χ4v) is 4.98. The highest BCUT2D eigenvalue weighted by Crippen LogP contribution is 2.31. The summed E-state index contributed by atoms with van der Waals surface area (Å²) in [6.45, 7) is 8.55. The van der Waals surface area contributed by atoms with E-state index in [1.54, 1.807) is 0 Å². The van der Waals surface area contributed by atoms with Gasteiger partial charge in [-0.1, -0.05) is 41.5 Å². The topological polar surface area (TPSA) is 37.6 Å². The van der Waals surface area contributed by atoms with Crippen LogP contribution >= 0.6 is 0 Å². The molecule has 162 valence electrons. The van der Waals surface area contributed by atoms with E-state index in [1.807, 2.05) is 0 Å². The predicted octanol–water partition coefficient (Wildman–Crippen LogP) is 7.23. The number of aliphatic imine (C=N–C) groups is 2. The Hall–Kier alpha value is -3.07. The second kappa shape index (κ2) is 8.46. The molecule has 1 aromatic heterocycles. The van der Waals surface area contributed by atoms with E-state index in [2.05, 4.69) is 70.2 Å². The molecule has 0 fully saturated rings. The van der Waals surface area contributed by atoms with Crippen LogP contribution in [0.1, 0.15) is 70.5 Å². The van der Waals surface area contributed by atoms with Crippen LogP contribution in [0, 0.1) is 27.7 Å². The molecule has 2 aliphatic rings. The van der Waals surface area contributed by atoms with E-state index in [-0.39, 0.29) is 0 Å². The number of fused-ring (bicyclic) bond motifs is 2. The number of aryl methyl sites for hydroxylation is 6. The molecule has 0 unspecified atom stereocenters. The van der Waals surface area contributed by atoms with Crippen LogP contribution in [0.4, 0.5) is 11.4 Å². The first kappa shape index (κ1) is 20.8. The lowest BCUT2D eigenvalue weighted by Crippen LogP contribution is -2.21. The zero-order chi connectivity index (χ0) is 22.2. The average molecular weight is 422 g/mol. The SMILES string of the molecule is Cc1ccc(N=C2CCCc3cc4c(nc32)C(=Nc2ccc(C)cc2C)CCC4)c(C)c1. The van der Waals surface area contributed by atoms with E-state index in [0.717, 1.165) is 72.7 Å². The molecular formula is C29H31N3. The van der Waals surface area contributed by atoms with Crippen LogP contribution in [0.5, 0.6) is 0 Å². The Morgan fingerprint density at radius 2 is 1.06 bits per heavy atom. The molecule has 0 spiro atoms. The number of hydrogen-bond acceptors (Lipinski definition) is 3. The Labute approximate surface area is 191 Å². The maximum Gasteiger partial charge on any atom is 0.0884 e. The van der Waals surface area contributed by atoms with Crippen LogP contribution in [0.25, 0.3) is 0 Å². The third kappa shape index (κ3) is 4.04. The highest BCUT2D eigenvalue weighted by atomic mass is 14.9. The largest absolute Gasteiger partial charge is 0.251 e. The van der Waals surface area contributed by atoms with Crippen LogP contribution in [0.3, 0.4) is 0 Å². The average Bonchev–Trinajstić information content (AvgIpc) is 2.77. The van der Waals surface area contributed by atoms with Crippen molar-refractivity contribution in [1.29, 1.82) is 0 Å². The Balaban J connectivity index is 1.60. The number of benzene rings is 2. The highest BCUT2D eigenvalue weighted by molar-refractivity contribution is 6.06. The first-order valence-electron chi connectivity index (χ1n) is 11.8. The van der Waals surface area contributed by atoms with E-state index in [4.69, 9.17) is 15.0 Å². The first-order valence-corrected chi connectivity index (χ1v) is 11.8. The Kier molecular flexibility index (Phi) is 5.50. The maximum absolute atomic E-state index is 5.24. The van der Waals surface area contributed by atoms with E-state index in [0.29, 0.717) is 0 Å². The second-order valence-electron chi connectivity index (χ2n) is 9.41. The highest BCUT2D eigenvalue weighted by Gasteiger charge is 2.24. The van der Waals surface area contributed by atoms with E-state index >= 15 is 0 Å². The van der Waals surface area contributed by atoms with Crippen molar-refractivity contribution in [2.45, 2.75) is 66.2 Å². The normalized spacial score (nSPS) is 18.0. The van der Waals surface area contributed by atoms with Gasteiger partial charge in [0.05, 0.1) is 34.2 Å². The summed E-state index contributed by atoms with van der Waals surface area (Å²) in [6.07, 6.45) is 6.42. The number of pyridine rings is 1. The van der Waals surface area contributed by atoms with Gasteiger partial charge in [0.1, 0.15) is 0 Å². The van der Waals surface area contributed by atoms with Crippen molar-refractivity contribution < 1.29 is 0 Å². The molecule has 0 atom stereocenters.